The summed E-state index contributed by atoms with van der Waals surface area (Å²) < 4.78 is 14.0. The second-order valence-corrected chi connectivity index (χ2v) is 5.76. The Balaban J connectivity index is 2.12. The van der Waals surface area contributed by atoms with Crippen molar-refractivity contribution in [1.29, 1.82) is 0 Å². The molecule has 0 saturated carbocycles. The highest BCUT2D eigenvalue weighted by molar-refractivity contribution is 14.1. The predicted molar refractivity (Wildman–Crippen MR) is 79.5 cm³/mol. The first-order chi connectivity index (χ1) is 8.16. The van der Waals surface area contributed by atoms with E-state index in [1.807, 2.05) is 52.9 Å². The van der Waals surface area contributed by atoms with Crippen LogP contribution in [0.4, 0.5) is 10.1 Å². The fourth-order valence-corrected chi connectivity index (χ4v) is 2.82. The van der Waals surface area contributed by atoms with Crippen molar-refractivity contribution in [3.63, 3.8) is 0 Å². The van der Waals surface area contributed by atoms with E-state index >= 15 is 0 Å². The molecule has 0 spiro atoms. The van der Waals surface area contributed by atoms with Gasteiger partial charge in [-0.05, 0) is 40.3 Å². The Kier molecular flexibility index (Phi) is 4.28. The maximum Gasteiger partial charge on any atom is 0.137 e. The molecule has 0 aromatic heterocycles. The molecule has 0 saturated heterocycles. The summed E-state index contributed by atoms with van der Waals surface area (Å²) in [5, 5.41) is 0. The van der Waals surface area contributed by atoms with Gasteiger partial charge in [0.2, 0.25) is 0 Å². The van der Waals surface area contributed by atoms with Gasteiger partial charge in [-0.2, -0.15) is 0 Å². The van der Waals surface area contributed by atoms with E-state index in [0.717, 1.165) is 10.6 Å². The monoisotopic (exact) mass is 359 g/mol. The molecule has 0 heterocycles. The lowest BCUT2D eigenvalue weighted by Gasteiger charge is -2.07. The Morgan fingerprint density at radius 2 is 1.88 bits per heavy atom. The highest BCUT2D eigenvalue weighted by Crippen LogP contribution is 2.30. The summed E-state index contributed by atoms with van der Waals surface area (Å²) in [5.41, 5.74) is 7.70. The number of thioether (sulfide) groups is 1. The summed E-state index contributed by atoms with van der Waals surface area (Å²) >= 11 is 3.50. The average Bonchev–Trinajstić information content (AvgIpc) is 2.33. The van der Waals surface area contributed by atoms with Crippen molar-refractivity contribution in [2.45, 2.75) is 10.6 Å². The molecule has 0 radical (unpaired) electrons. The van der Waals surface area contributed by atoms with Crippen molar-refractivity contribution < 1.29 is 4.39 Å². The zero-order valence-electron chi connectivity index (χ0n) is 8.99. The zero-order valence-corrected chi connectivity index (χ0v) is 12.0. The number of nitrogen functional groups attached to an aromatic ring is 1. The predicted octanol–water partition coefficient (Wildman–Crippen LogP) is 4.30. The minimum absolute atomic E-state index is 0.213. The molecule has 2 N–H and O–H groups in total. The molecule has 17 heavy (non-hydrogen) atoms. The van der Waals surface area contributed by atoms with E-state index in [0.29, 0.717) is 9.26 Å². The first kappa shape index (κ1) is 12.7. The van der Waals surface area contributed by atoms with Gasteiger partial charge in [0, 0.05) is 16.3 Å². The van der Waals surface area contributed by atoms with E-state index in [1.54, 1.807) is 17.8 Å². The second kappa shape index (κ2) is 5.73. The smallest absolute Gasteiger partial charge is 0.137 e. The van der Waals surface area contributed by atoms with Gasteiger partial charge in [0.15, 0.2) is 0 Å². The molecule has 0 aliphatic carbocycles. The van der Waals surface area contributed by atoms with Crippen LogP contribution in [0, 0.1) is 9.39 Å². The third-order valence-corrected chi connectivity index (χ3v) is 4.26. The second-order valence-electron chi connectivity index (χ2n) is 3.58. The van der Waals surface area contributed by atoms with Crippen molar-refractivity contribution in [3.05, 3.63) is 57.4 Å². The molecule has 0 aliphatic rings. The highest BCUT2D eigenvalue weighted by atomic mass is 127. The normalized spacial score (nSPS) is 10.5. The van der Waals surface area contributed by atoms with Crippen LogP contribution in [0.2, 0.25) is 0 Å². The van der Waals surface area contributed by atoms with Gasteiger partial charge in [-0.25, -0.2) is 4.39 Å². The number of benzene rings is 2. The molecule has 2 aromatic carbocycles. The molecular formula is C13H11FINS. The lowest BCUT2D eigenvalue weighted by molar-refractivity contribution is 0.617. The number of anilines is 1. The number of hydrogen-bond donors (Lipinski definition) is 1. The lowest BCUT2D eigenvalue weighted by Crippen LogP contribution is -1.93. The Morgan fingerprint density at radius 1 is 1.18 bits per heavy atom. The Bertz CT molecular complexity index is 516. The van der Waals surface area contributed by atoms with E-state index in [4.69, 9.17) is 5.73 Å². The fraction of sp³-hybridized carbons (Fsp3) is 0.0769. The third-order valence-electron chi connectivity index (χ3n) is 2.29. The summed E-state index contributed by atoms with van der Waals surface area (Å²) in [5.74, 6) is 0.584. The highest BCUT2D eigenvalue weighted by Gasteiger charge is 2.06. The quantitative estimate of drug-likeness (QED) is 0.502. The molecule has 0 aliphatic heterocycles. The molecule has 0 atom stereocenters. The van der Waals surface area contributed by atoms with Crippen molar-refractivity contribution in [2.75, 3.05) is 5.73 Å². The average molecular weight is 359 g/mol. The summed E-state index contributed by atoms with van der Waals surface area (Å²) in [6, 6.07) is 13.2. The van der Waals surface area contributed by atoms with Gasteiger partial charge >= 0.3 is 0 Å². The van der Waals surface area contributed by atoms with E-state index in [9.17, 15) is 4.39 Å². The van der Waals surface area contributed by atoms with Crippen LogP contribution in [0.3, 0.4) is 0 Å². The van der Waals surface area contributed by atoms with Gasteiger partial charge in [0.1, 0.15) is 5.82 Å². The molecule has 0 bridgehead atoms. The van der Waals surface area contributed by atoms with Crippen LogP contribution >= 0.6 is 34.4 Å². The molecule has 2 aromatic rings. The minimum Gasteiger partial charge on any atom is -0.398 e. The molecule has 88 valence electrons. The maximum absolute atomic E-state index is 13.4. The maximum atomic E-state index is 13.4. The molecule has 0 unspecified atom stereocenters. The van der Waals surface area contributed by atoms with Gasteiger partial charge in [-0.1, -0.05) is 30.3 Å². The summed E-state index contributed by atoms with van der Waals surface area (Å²) in [7, 11) is 0. The Morgan fingerprint density at radius 3 is 2.59 bits per heavy atom. The van der Waals surface area contributed by atoms with E-state index < -0.39 is 0 Å². The lowest BCUT2D eigenvalue weighted by atomic mass is 10.2. The molecule has 2 rings (SSSR count). The van der Waals surface area contributed by atoms with Crippen molar-refractivity contribution in [1.82, 2.24) is 0 Å². The van der Waals surface area contributed by atoms with Crippen LogP contribution in [0.25, 0.3) is 0 Å². The van der Waals surface area contributed by atoms with Gasteiger partial charge in [-0.15, -0.1) is 11.8 Å². The van der Waals surface area contributed by atoms with Crippen molar-refractivity contribution >= 4 is 40.0 Å². The van der Waals surface area contributed by atoms with Crippen molar-refractivity contribution in [2.24, 2.45) is 0 Å². The first-order valence-corrected chi connectivity index (χ1v) is 7.14. The number of halogens is 2. The summed E-state index contributed by atoms with van der Waals surface area (Å²) in [6.45, 7) is 0. The van der Waals surface area contributed by atoms with E-state index in [-0.39, 0.29) is 5.82 Å². The topological polar surface area (TPSA) is 26.0 Å². The molecule has 0 fully saturated rings. The molecular weight excluding hydrogens is 348 g/mol. The third kappa shape index (κ3) is 3.35. The Labute approximate surface area is 118 Å². The van der Waals surface area contributed by atoms with Gasteiger partial charge < -0.3 is 5.73 Å². The zero-order chi connectivity index (χ0) is 12.3. The standard InChI is InChI=1S/C13H11FINS/c14-10-6-13(12(16)7-11(10)15)17-8-9-4-2-1-3-5-9/h1-7H,8,16H2. The largest absolute Gasteiger partial charge is 0.398 e. The van der Waals surface area contributed by atoms with Gasteiger partial charge in [0.25, 0.3) is 0 Å². The van der Waals surface area contributed by atoms with Gasteiger partial charge in [0.05, 0.1) is 3.57 Å². The Hall–Kier alpha value is -0.750. The van der Waals surface area contributed by atoms with Crippen LogP contribution in [-0.4, -0.2) is 0 Å². The number of hydrogen-bond acceptors (Lipinski definition) is 2. The van der Waals surface area contributed by atoms with Crippen molar-refractivity contribution in [3.8, 4) is 0 Å². The number of rotatable bonds is 3. The van der Waals surface area contributed by atoms with Crippen LogP contribution in [0.5, 0.6) is 0 Å². The van der Waals surface area contributed by atoms with Crippen LogP contribution in [0.15, 0.2) is 47.4 Å². The van der Waals surface area contributed by atoms with Crippen LogP contribution < -0.4 is 5.73 Å². The molecule has 1 nitrogen and oxygen atoms in total. The van der Waals surface area contributed by atoms with Crippen LogP contribution in [-0.2, 0) is 5.75 Å². The summed E-state index contributed by atoms with van der Waals surface area (Å²) in [4.78, 5) is 0.798. The first-order valence-electron chi connectivity index (χ1n) is 5.08. The van der Waals surface area contributed by atoms with Gasteiger partial charge in [-0.3, -0.25) is 0 Å². The summed E-state index contributed by atoms with van der Waals surface area (Å²) in [6.07, 6.45) is 0. The molecule has 4 heteroatoms. The number of nitrogens with two attached hydrogens (primary N) is 1. The van der Waals surface area contributed by atoms with E-state index in [2.05, 4.69) is 0 Å². The van der Waals surface area contributed by atoms with E-state index in [1.165, 1.54) is 11.6 Å². The minimum atomic E-state index is -0.213. The van der Waals surface area contributed by atoms with Crippen LogP contribution in [0.1, 0.15) is 5.56 Å². The fourth-order valence-electron chi connectivity index (χ4n) is 1.40. The molecule has 0 amide bonds. The SMILES string of the molecule is Nc1cc(I)c(F)cc1SCc1ccccc1.